The highest BCUT2D eigenvalue weighted by Gasteiger charge is 2.43. The van der Waals surface area contributed by atoms with Crippen molar-refractivity contribution >= 4 is 17.7 Å². The van der Waals surface area contributed by atoms with E-state index in [0.717, 1.165) is 80.5 Å². The van der Waals surface area contributed by atoms with Crippen molar-refractivity contribution in [3.8, 4) is 16.9 Å². The van der Waals surface area contributed by atoms with Crippen LogP contribution in [0.2, 0.25) is 0 Å². The van der Waals surface area contributed by atoms with Crippen LogP contribution in [0.25, 0.3) is 16.9 Å². The molecule has 0 unspecified atom stereocenters. The number of likely N-dealkylation sites (tertiary alicyclic amines) is 1. The molecule has 3 aromatic rings. The normalized spacial score (nSPS) is 18.5. The van der Waals surface area contributed by atoms with Crippen LogP contribution >= 0.6 is 11.8 Å². The van der Waals surface area contributed by atoms with Gasteiger partial charge < -0.3 is 4.90 Å². The van der Waals surface area contributed by atoms with Gasteiger partial charge in [0.15, 0.2) is 5.16 Å². The van der Waals surface area contributed by atoms with Crippen molar-refractivity contribution in [2.24, 2.45) is 0 Å². The van der Waals surface area contributed by atoms with Gasteiger partial charge in [0.2, 0.25) is 5.91 Å². The summed E-state index contributed by atoms with van der Waals surface area (Å²) in [5.41, 5.74) is 4.78. The number of aromatic nitrogens is 2. The zero-order valence-electron chi connectivity index (χ0n) is 20.7. The summed E-state index contributed by atoms with van der Waals surface area (Å²) in [4.78, 5) is 34.7. The molecule has 6 rings (SSSR count). The maximum atomic E-state index is 14.5. The standard InChI is InChI=1S/C30H33N3O2S/c34-25(32-18-10-3-11-19-32)21-36-29-31-27-24-15-7-6-12-22(24)20-30(16-8-2-9-17-30)26(27)28(35)33(29)23-13-4-1-5-14-23/h1,4-7,12-15H,2-3,8-11,16-21H2. The van der Waals surface area contributed by atoms with Gasteiger partial charge >= 0.3 is 0 Å². The molecular weight excluding hydrogens is 466 g/mol. The van der Waals surface area contributed by atoms with E-state index >= 15 is 0 Å². The zero-order valence-corrected chi connectivity index (χ0v) is 21.6. The first kappa shape index (κ1) is 23.5. The van der Waals surface area contributed by atoms with Crippen LogP contribution in [-0.4, -0.2) is 39.2 Å². The van der Waals surface area contributed by atoms with Gasteiger partial charge in [-0.2, -0.15) is 0 Å². The number of nitrogens with zero attached hydrogens (tertiary/aromatic N) is 3. The first-order chi connectivity index (χ1) is 17.7. The molecule has 0 bridgehead atoms. The Morgan fingerprint density at radius 3 is 2.36 bits per heavy atom. The highest BCUT2D eigenvalue weighted by molar-refractivity contribution is 7.99. The van der Waals surface area contributed by atoms with Crippen LogP contribution in [0.5, 0.6) is 0 Å². The highest BCUT2D eigenvalue weighted by Crippen LogP contribution is 2.49. The molecule has 1 amide bonds. The Hall–Kier alpha value is -2.86. The topological polar surface area (TPSA) is 55.2 Å². The number of carbonyl (C=O) groups excluding carboxylic acids is 1. The Morgan fingerprint density at radius 1 is 0.889 bits per heavy atom. The van der Waals surface area contributed by atoms with Crippen molar-refractivity contribution in [3.63, 3.8) is 0 Å². The van der Waals surface area contributed by atoms with E-state index in [4.69, 9.17) is 4.98 Å². The van der Waals surface area contributed by atoms with Crippen molar-refractivity contribution in [2.45, 2.75) is 68.4 Å². The molecule has 6 heteroatoms. The molecule has 2 aliphatic carbocycles. The summed E-state index contributed by atoms with van der Waals surface area (Å²) in [6, 6.07) is 18.3. The van der Waals surface area contributed by atoms with E-state index in [-0.39, 0.29) is 16.9 Å². The number of para-hydroxylation sites is 1. The summed E-state index contributed by atoms with van der Waals surface area (Å²) in [5.74, 6) is 0.431. The maximum Gasteiger partial charge on any atom is 0.263 e. The fraction of sp³-hybridized carbons (Fsp3) is 0.433. The van der Waals surface area contributed by atoms with Crippen molar-refractivity contribution < 1.29 is 4.79 Å². The molecule has 0 atom stereocenters. The molecule has 186 valence electrons. The molecule has 36 heavy (non-hydrogen) atoms. The number of thioether (sulfide) groups is 1. The molecule has 1 spiro atoms. The van der Waals surface area contributed by atoms with Gasteiger partial charge in [-0.25, -0.2) is 4.98 Å². The summed E-state index contributed by atoms with van der Waals surface area (Å²) >= 11 is 1.40. The zero-order chi connectivity index (χ0) is 24.5. The lowest BCUT2D eigenvalue weighted by atomic mass is 9.62. The van der Waals surface area contributed by atoms with E-state index < -0.39 is 0 Å². The van der Waals surface area contributed by atoms with E-state index in [1.54, 1.807) is 4.57 Å². The SMILES string of the molecule is O=C(CSc1nc2c(c(=O)n1-c1ccccc1)C1(CCCCC1)Cc1ccccc1-2)N1CCCCC1. The van der Waals surface area contributed by atoms with Gasteiger partial charge in [-0.15, -0.1) is 0 Å². The lowest BCUT2D eigenvalue weighted by molar-refractivity contribution is -0.129. The summed E-state index contributed by atoms with van der Waals surface area (Å²) in [5, 5.41) is 0.609. The van der Waals surface area contributed by atoms with Crippen LogP contribution in [0.4, 0.5) is 0 Å². The maximum absolute atomic E-state index is 14.5. The summed E-state index contributed by atoms with van der Waals surface area (Å²) in [6.07, 6.45) is 9.81. The van der Waals surface area contributed by atoms with Gasteiger partial charge in [0.25, 0.3) is 5.56 Å². The number of piperidine rings is 1. The molecule has 1 saturated carbocycles. The van der Waals surface area contributed by atoms with E-state index in [0.29, 0.717) is 10.9 Å². The first-order valence-electron chi connectivity index (χ1n) is 13.4. The van der Waals surface area contributed by atoms with Gasteiger partial charge in [0.05, 0.1) is 22.7 Å². The predicted molar refractivity (Wildman–Crippen MR) is 145 cm³/mol. The minimum Gasteiger partial charge on any atom is -0.342 e. The molecule has 1 saturated heterocycles. The van der Waals surface area contributed by atoms with Crippen molar-refractivity contribution in [1.82, 2.24) is 14.5 Å². The molecule has 0 radical (unpaired) electrons. The second kappa shape index (κ2) is 9.89. The van der Waals surface area contributed by atoms with Crippen molar-refractivity contribution in [2.75, 3.05) is 18.8 Å². The average molecular weight is 500 g/mol. The van der Waals surface area contributed by atoms with Gasteiger partial charge in [-0.1, -0.05) is 73.5 Å². The van der Waals surface area contributed by atoms with Crippen LogP contribution in [0, 0.1) is 0 Å². The molecule has 1 aliphatic heterocycles. The van der Waals surface area contributed by atoms with Crippen molar-refractivity contribution in [1.29, 1.82) is 0 Å². The lowest BCUT2D eigenvalue weighted by Crippen LogP contribution is -2.43. The summed E-state index contributed by atoms with van der Waals surface area (Å²) in [7, 11) is 0. The van der Waals surface area contributed by atoms with Crippen LogP contribution in [-0.2, 0) is 16.6 Å². The Labute approximate surface area is 216 Å². The number of rotatable bonds is 4. The van der Waals surface area contributed by atoms with E-state index in [1.807, 2.05) is 41.3 Å². The predicted octanol–water partition coefficient (Wildman–Crippen LogP) is 5.76. The fourth-order valence-corrected chi connectivity index (χ4v) is 7.36. The highest BCUT2D eigenvalue weighted by atomic mass is 32.2. The Kier molecular flexibility index (Phi) is 6.46. The smallest absolute Gasteiger partial charge is 0.263 e. The Morgan fingerprint density at radius 2 is 1.58 bits per heavy atom. The molecule has 2 heterocycles. The number of amides is 1. The summed E-state index contributed by atoms with van der Waals surface area (Å²) < 4.78 is 1.78. The lowest BCUT2D eigenvalue weighted by Gasteiger charge is -2.42. The van der Waals surface area contributed by atoms with Crippen LogP contribution < -0.4 is 5.56 Å². The molecular formula is C30H33N3O2S. The number of carbonyl (C=O) groups is 1. The fourth-order valence-electron chi connectivity index (χ4n) is 6.45. The first-order valence-corrected chi connectivity index (χ1v) is 14.4. The minimum atomic E-state index is -0.157. The van der Waals surface area contributed by atoms with Gasteiger partial charge in [-0.05, 0) is 56.2 Å². The quantitative estimate of drug-likeness (QED) is 0.338. The second-order valence-electron chi connectivity index (χ2n) is 10.5. The Balaban J connectivity index is 1.49. The molecule has 0 N–H and O–H groups in total. The largest absolute Gasteiger partial charge is 0.342 e. The number of benzene rings is 2. The van der Waals surface area contributed by atoms with Crippen LogP contribution in [0.15, 0.2) is 64.5 Å². The van der Waals surface area contributed by atoms with E-state index in [2.05, 4.69) is 18.2 Å². The monoisotopic (exact) mass is 499 g/mol. The third kappa shape index (κ3) is 4.19. The molecule has 1 aromatic heterocycles. The number of hydrogen-bond acceptors (Lipinski definition) is 4. The Bertz CT molecular complexity index is 1320. The molecule has 2 fully saturated rings. The third-order valence-electron chi connectivity index (χ3n) is 8.24. The van der Waals surface area contributed by atoms with E-state index in [1.165, 1.54) is 30.2 Å². The second-order valence-corrected chi connectivity index (χ2v) is 11.4. The molecule has 3 aliphatic rings. The minimum absolute atomic E-state index is 0.0375. The number of fused-ring (bicyclic) bond motifs is 4. The van der Waals surface area contributed by atoms with E-state index in [9.17, 15) is 9.59 Å². The molecule has 2 aromatic carbocycles. The van der Waals surface area contributed by atoms with Gasteiger partial charge in [0, 0.05) is 24.1 Å². The van der Waals surface area contributed by atoms with Gasteiger partial charge in [0.1, 0.15) is 0 Å². The third-order valence-corrected chi connectivity index (χ3v) is 9.17. The van der Waals surface area contributed by atoms with Gasteiger partial charge in [-0.3, -0.25) is 14.2 Å². The van der Waals surface area contributed by atoms with Crippen LogP contribution in [0.3, 0.4) is 0 Å². The molecule has 5 nitrogen and oxygen atoms in total. The number of hydrogen-bond donors (Lipinski definition) is 0. The summed E-state index contributed by atoms with van der Waals surface area (Å²) in [6.45, 7) is 1.66. The average Bonchev–Trinajstić information content (AvgIpc) is 2.93. The van der Waals surface area contributed by atoms with Crippen LogP contribution in [0.1, 0.15) is 62.5 Å². The van der Waals surface area contributed by atoms with Crippen molar-refractivity contribution in [3.05, 3.63) is 76.1 Å².